The number of benzene rings is 1. The van der Waals surface area contributed by atoms with E-state index < -0.39 is 0 Å². The summed E-state index contributed by atoms with van der Waals surface area (Å²) >= 11 is 0. The molecule has 1 heterocycles. The van der Waals surface area contributed by atoms with Gasteiger partial charge in [-0.15, -0.1) is 0 Å². The minimum Gasteiger partial charge on any atom is -0.460 e. The fourth-order valence-corrected chi connectivity index (χ4v) is 1.53. The van der Waals surface area contributed by atoms with E-state index >= 15 is 0 Å². The second kappa shape index (κ2) is 4.94. The van der Waals surface area contributed by atoms with Crippen molar-refractivity contribution in [1.29, 1.82) is 0 Å². The van der Waals surface area contributed by atoms with Crippen LogP contribution in [-0.2, 0) is 6.54 Å². The summed E-state index contributed by atoms with van der Waals surface area (Å²) in [6.45, 7) is 3.58. The second-order valence-electron chi connectivity index (χ2n) is 3.53. The van der Waals surface area contributed by atoms with E-state index in [2.05, 4.69) is 5.32 Å². The summed E-state index contributed by atoms with van der Waals surface area (Å²) in [6.07, 6.45) is 0. The van der Waals surface area contributed by atoms with Crippen molar-refractivity contribution in [1.82, 2.24) is 5.32 Å². The van der Waals surface area contributed by atoms with Crippen LogP contribution in [0, 0.1) is 5.82 Å². The lowest BCUT2D eigenvalue weighted by atomic mass is 10.1. The molecule has 16 heavy (non-hydrogen) atoms. The lowest BCUT2D eigenvalue weighted by molar-refractivity contribution is 0.495. The fourth-order valence-electron chi connectivity index (χ4n) is 1.53. The molecule has 0 aliphatic heterocycles. The van der Waals surface area contributed by atoms with Crippen LogP contribution >= 0.6 is 0 Å². The molecule has 0 saturated heterocycles. The molecule has 0 bridgehead atoms. The van der Waals surface area contributed by atoms with E-state index in [9.17, 15) is 4.39 Å². The van der Waals surface area contributed by atoms with Gasteiger partial charge in [0.25, 0.3) is 0 Å². The highest BCUT2D eigenvalue weighted by molar-refractivity contribution is 5.58. The smallest absolute Gasteiger partial charge is 0.137 e. The molecular weight excluding hydrogens is 205 g/mol. The Morgan fingerprint density at radius 3 is 2.75 bits per heavy atom. The van der Waals surface area contributed by atoms with Crippen molar-refractivity contribution >= 4 is 0 Å². The summed E-state index contributed by atoms with van der Waals surface area (Å²) in [5.74, 6) is 1.14. The third kappa shape index (κ3) is 2.31. The molecule has 0 atom stereocenters. The summed E-state index contributed by atoms with van der Waals surface area (Å²) in [5, 5.41) is 3.16. The monoisotopic (exact) mass is 219 g/mol. The maximum absolute atomic E-state index is 13.5. The molecule has 0 aliphatic carbocycles. The van der Waals surface area contributed by atoms with Crippen LogP contribution in [0.1, 0.15) is 12.7 Å². The van der Waals surface area contributed by atoms with Crippen LogP contribution < -0.4 is 5.32 Å². The van der Waals surface area contributed by atoms with Gasteiger partial charge in [0, 0.05) is 0 Å². The van der Waals surface area contributed by atoms with Crippen molar-refractivity contribution in [2.45, 2.75) is 13.5 Å². The summed E-state index contributed by atoms with van der Waals surface area (Å²) in [7, 11) is 0. The maximum atomic E-state index is 13.5. The molecule has 0 spiro atoms. The van der Waals surface area contributed by atoms with E-state index in [4.69, 9.17) is 4.42 Å². The van der Waals surface area contributed by atoms with Gasteiger partial charge < -0.3 is 9.73 Å². The molecule has 1 aromatic heterocycles. The first kappa shape index (κ1) is 10.9. The number of rotatable bonds is 4. The Hall–Kier alpha value is -1.61. The number of hydrogen-bond acceptors (Lipinski definition) is 2. The Labute approximate surface area is 94.1 Å². The predicted molar refractivity (Wildman–Crippen MR) is 61.5 cm³/mol. The van der Waals surface area contributed by atoms with Gasteiger partial charge in [-0.3, -0.25) is 0 Å². The van der Waals surface area contributed by atoms with Gasteiger partial charge in [-0.2, -0.15) is 0 Å². The van der Waals surface area contributed by atoms with Gasteiger partial charge in [0.1, 0.15) is 17.3 Å². The summed E-state index contributed by atoms with van der Waals surface area (Å²) < 4.78 is 19.0. The Balaban J connectivity index is 2.22. The SMILES string of the molecule is CCNCc1ccc(-c2ccccc2F)o1. The zero-order chi connectivity index (χ0) is 11.4. The van der Waals surface area contributed by atoms with Crippen LogP contribution in [-0.4, -0.2) is 6.54 Å². The molecule has 2 rings (SSSR count). The first-order chi connectivity index (χ1) is 7.81. The quantitative estimate of drug-likeness (QED) is 0.854. The highest BCUT2D eigenvalue weighted by atomic mass is 19.1. The number of halogens is 1. The van der Waals surface area contributed by atoms with Crippen molar-refractivity contribution in [3.05, 3.63) is 48.0 Å². The molecule has 0 aliphatic rings. The van der Waals surface area contributed by atoms with E-state index in [1.165, 1.54) is 6.07 Å². The lowest BCUT2D eigenvalue weighted by Gasteiger charge is -1.99. The van der Waals surface area contributed by atoms with Crippen LogP contribution in [0.15, 0.2) is 40.8 Å². The third-order valence-electron chi connectivity index (χ3n) is 2.35. The van der Waals surface area contributed by atoms with Crippen molar-refractivity contribution in [2.24, 2.45) is 0 Å². The normalized spacial score (nSPS) is 10.6. The fraction of sp³-hybridized carbons (Fsp3) is 0.231. The van der Waals surface area contributed by atoms with Crippen molar-refractivity contribution in [2.75, 3.05) is 6.54 Å². The van der Waals surface area contributed by atoms with Crippen molar-refractivity contribution in [3.63, 3.8) is 0 Å². The van der Waals surface area contributed by atoms with E-state index in [-0.39, 0.29) is 5.82 Å². The first-order valence-electron chi connectivity index (χ1n) is 5.35. The standard InChI is InChI=1S/C13H14FNO/c1-2-15-9-10-7-8-13(16-10)11-5-3-4-6-12(11)14/h3-8,15H,2,9H2,1H3. The highest BCUT2D eigenvalue weighted by Crippen LogP contribution is 2.24. The molecule has 1 N–H and O–H groups in total. The summed E-state index contributed by atoms with van der Waals surface area (Å²) in [4.78, 5) is 0. The van der Waals surface area contributed by atoms with Crippen LogP contribution in [0.25, 0.3) is 11.3 Å². The minimum atomic E-state index is -0.258. The summed E-state index contributed by atoms with van der Waals surface area (Å²) in [6, 6.07) is 10.3. The molecular formula is C13H14FNO. The average Bonchev–Trinajstić information content (AvgIpc) is 2.75. The molecule has 0 unspecified atom stereocenters. The molecule has 84 valence electrons. The van der Waals surface area contributed by atoms with Crippen LogP contribution in [0.2, 0.25) is 0 Å². The minimum absolute atomic E-state index is 0.258. The van der Waals surface area contributed by atoms with Crippen LogP contribution in [0.3, 0.4) is 0 Å². The molecule has 3 heteroatoms. The predicted octanol–water partition coefficient (Wildman–Crippen LogP) is 3.20. The Morgan fingerprint density at radius 2 is 2.00 bits per heavy atom. The van der Waals surface area contributed by atoms with Gasteiger partial charge in [-0.25, -0.2) is 4.39 Å². The number of nitrogens with one attached hydrogen (secondary N) is 1. The van der Waals surface area contributed by atoms with Gasteiger partial charge in [0.05, 0.1) is 12.1 Å². The Kier molecular flexibility index (Phi) is 3.37. The topological polar surface area (TPSA) is 25.2 Å². The van der Waals surface area contributed by atoms with E-state index in [0.29, 0.717) is 17.9 Å². The van der Waals surface area contributed by atoms with Crippen molar-refractivity contribution < 1.29 is 8.81 Å². The highest BCUT2D eigenvalue weighted by Gasteiger charge is 2.08. The zero-order valence-corrected chi connectivity index (χ0v) is 9.16. The van der Waals surface area contributed by atoms with Gasteiger partial charge in [-0.05, 0) is 30.8 Å². The first-order valence-corrected chi connectivity index (χ1v) is 5.35. The van der Waals surface area contributed by atoms with Gasteiger partial charge >= 0.3 is 0 Å². The Bertz CT molecular complexity index is 464. The number of hydrogen-bond donors (Lipinski definition) is 1. The molecule has 0 amide bonds. The average molecular weight is 219 g/mol. The van der Waals surface area contributed by atoms with E-state index in [1.54, 1.807) is 24.3 Å². The Morgan fingerprint density at radius 1 is 1.19 bits per heavy atom. The molecule has 0 radical (unpaired) electrons. The maximum Gasteiger partial charge on any atom is 0.137 e. The second-order valence-corrected chi connectivity index (χ2v) is 3.53. The largest absolute Gasteiger partial charge is 0.460 e. The zero-order valence-electron chi connectivity index (χ0n) is 9.16. The van der Waals surface area contributed by atoms with Crippen molar-refractivity contribution in [3.8, 4) is 11.3 Å². The summed E-state index contributed by atoms with van der Waals surface area (Å²) in [5.41, 5.74) is 0.505. The molecule has 0 saturated carbocycles. The molecule has 2 nitrogen and oxygen atoms in total. The van der Waals surface area contributed by atoms with Crippen LogP contribution in [0.5, 0.6) is 0 Å². The van der Waals surface area contributed by atoms with Crippen LogP contribution in [0.4, 0.5) is 4.39 Å². The van der Waals surface area contributed by atoms with E-state index in [1.807, 2.05) is 13.0 Å². The van der Waals surface area contributed by atoms with Gasteiger partial charge in [0.15, 0.2) is 0 Å². The van der Waals surface area contributed by atoms with Gasteiger partial charge in [0.2, 0.25) is 0 Å². The molecule has 2 aromatic rings. The molecule has 0 fully saturated rings. The molecule has 1 aromatic carbocycles. The number of furan rings is 1. The lowest BCUT2D eigenvalue weighted by Crippen LogP contribution is -2.10. The third-order valence-corrected chi connectivity index (χ3v) is 2.35. The van der Waals surface area contributed by atoms with Gasteiger partial charge in [-0.1, -0.05) is 19.1 Å². The van der Waals surface area contributed by atoms with E-state index in [0.717, 1.165) is 12.3 Å².